The molecular formula is C25H34N2O5. The van der Waals surface area contributed by atoms with Crippen molar-refractivity contribution in [1.29, 1.82) is 0 Å². The third-order valence-corrected chi connectivity index (χ3v) is 7.81. The van der Waals surface area contributed by atoms with E-state index in [1.807, 2.05) is 23.1 Å². The Morgan fingerprint density at radius 1 is 1.16 bits per heavy atom. The summed E-state index contributed by atoms with van der Waals surface area (Å²) in [6, 6.07) is 7.79. The summed E-state index contributed by atoms with van der Waals surface area (Å²) in [5.41, 5.74) is 0.523. The van der Waals surface area contributed by atoms with Gasteiger partial charge in [0, 0.05) is 13.7 Å². The van der Waals surface area contributed by atoms with E-state index in [1.165, 1.54) is 5.56 Å². The van der Waals surface area contributed by atoms with Crippen LogP contribution >= 0.6 is 0 Å². The van der Waals surface area contributed by atoms with Crippen LogP contribution in [0, 0.1) is 0 Å². The van der Waals surface area contributed by atoms with Crippen molar-refractivity contribution in [2.24, 2.45) is 0 Å². The smallest absolute Gasteiger partial charge is 0.260 e. The molecule has 2 saturated carbocycles. The Labute approximate surface area is 189 Å². The van der Waals surface area contributed by atoms with E-state index in [0.717, 1.165) is 57.1 Å². The lowest BCUT2D eigenvalue weighted by molar-refractivity contribution is -0.144. The number of methoxy groups -OCH3 is 1. The van der Waals surface area contributed by atoms with Crippen LogP contribution in [0.4, 0.5) is 0 Å². The number of hydrogen-bond donors (Lipinski definition) is 1. The molecule has 2 aliphatic carbocycles. The maximum absolute atomic E-state index is 13.2. The first kappa shape index (κ1) is 21.7. The van der Waals surface area contributed by atoms with Crippen LogP contribution in [-0.2, 0) is 19.1 Å². The number of nitrogens with zero attached hydrogens (tertiary/aromatic N) is 1. The highest BCUT2D eigenvalue weighted by molar-refractivity contribution is 5.88. The molecule has 5 aliphatic rings. The van der Waals surface area contributed by atoms with E-state index < -0.39 is 5.60 Å². The number of carbonyl (C=O) groups excluding carboxylic acids is 2. The largest absolute Gasteiger partial charge is 0.483 e. The summed E-state index contributed by atoms with van der Waals surface area (Å²) in [7, 11) is 1.59. The Bertz CT molecular complexity index is 846. The lowest BCUT2D eigenvalue weighted by Gasteiger charge is -2.42. The van der Waals surface area contributed by atoms with E-state index in [4.69, 9.17) is 14.2 Å². The predicted octanol–water partition coefficient (Wildman–Crippen LogP) is 2.78. The molecule has 3 heterocycles. The lowest BCUT2D eigenvalue weighted by Crippen LogP contribution is -2.61. The number of amides is 2. The van der Waals surface area contributed by atoms with Crippen molar-refractivity contribution in [2.75, 3.05) is 26.9 Å². The van der Waals surface area contributed by atoms with Gasteiger partial charge in [0.1, 0.15) is 11.4 Å². The van der Waals surface area contributed by atoms with Crippen LogP contribution in [0.15, 0.2) is 24.3 Å². The molecule has 2 atom stereocenters. The van der Waals surface area contributed by atoms with Crippen molar-refractivity contribution in [3.8, 4) is 5.75 Å². The van der Waals surface area contributed by atoms with Gasteiger partial charge in [-0.25, -0.2) is 0 Å². The van der Waals surface area contributed by atoms with E-state index in [0.29, 0.717) is 19.1 Å². The van der Waals surface area contributed by atoms with Gasteiger partial charge in [-0.3, -0.25) is 9.59 Å². The molecule has 2 amide bonds. The third-order valence-electron chi connectivity index (χ3n) is 7.81. The maximum Gasteiger partial charge on any atom is 0.260 e. The molecular weight excluding hydrogens is 408 g/mol. The molecule has 6 rings (SSSR count). The Kier molecular flexibility index (Phi) is 6.12. The second kappa shape index (κ2) is 9.02. The number of rotatable bonds is 3. The number of nitrogens with one attached hydrogen (secondary N) is 1. The first-order valence-electron chi connectivity index (χ1n) is 12.1. The maximum atomic E-state index is 13.2. The Balaban J connectivity index is 1.37. The van der Waals surface area contributed by atoms with Crippen molar-refractivity contribution >= 4 is 11.8 Å². The Hall–Kier alpha value is -2.12. The number of carbonyl (C=O) groups is 2. The highest BCUT2D eigenvalue weighted by Crippen LogP contribution is 2.40. The van der Waals surface area contributed by atoms with Gasteiger partial charge >= 0.3 is 0 Å². The average Bonchev–Trinajstić information content (AvgIpc) is 3.63. The fourth-order valence-electron chi connectivity index (χ4n) is 5.63. The molecule has 1 aromatic carbocycles. The molecule has 1 aromatic rings. The topological polar surface area (TPSA) is 77.1 Å². The molecule has 1 unspecified atom stereocenters. The molecule has 0 spiro atoms. The zero-order valence-electron chi connectivity index (χ0n) is 18.9. The van der Waals surface area contributed by atoms with Gasteiger partial charge in [-0.05, 0) is 68.9 Å². The highest BCUT2D eigenvalue weighted by atomic mass is 16.5. The summed E-state index contributed by atoms with van der Waals surface area (Å²) in [5.74, 6) is 1.15. The average molecular weight is 443 g/mol. The molecule has 1 saturated heterocycles. The van der Waals surface area contributed by atoms with Crippen LogP contribution in [0.5, 0.6) is 5.75 Å². The minimum Gasteiger partial charge on any atom is -0.483 e. The van der Waals surface area contributed by atoms with Gasteiger partial charge in [0.05, 0.1) is 24.8 Å². The summed E-state index contributed by atoms with van der Waals surface area (Å²) in [5, 5.41) is 3.20. The zero-order chi connectivity index (χ0) is 22.1. The van der Waals surface area contributed by atoms with Gasteiger partial charge in [0.25, 0.3) is 11.8 Å². The van der Waals surface area contributed by atoms with Crippen LogP contribution < -0.4 is 10.1 Å². The van der Waals surface area contributed by atoms with Crippen molar-refractivity contribution in [2.45, 2.75) is 81.1 Å². The molecule has 3 fully saturated rings. The minimum atomic E-state index is -0.679. The lowest BCUT2D eigenvalue weighted by atomic mass is 9.82. The third kappa shape index (κ3) is 4.25. The highest BCUT2D eigenvalue weighted by Gasteiger charge is 2.51. The van der Waals surface area contributed by atoms with Crippen molar-refractivity contribution < 1.29 is 23.8 Å². The quantitative estimate of drug-likeness (QED) is 0.779. The summed E-state index contributed by atoms with van der Waals surface area (Å²) in [6.45, 7) is 1.11. The second-order valence-corrected chi connectivity index (χ2v) is 9.71. The summed E-state index contributed by atoms with van der Waals surface area (Å²) >= 11 is 0. The molecule has 1 N–H and O–H groups in total. The molecule has 0 radical (unpaired) electrons. The molecule has 0 aromatic heterocycles. The van der Waals surface area contributed by atoms with E-state index in [2.05, 4.69) is 11.4 Å². The molecule has 7 heteroatoms. The van der Waals surface area contributed by atoms with Gasteiger partial charge in [-0.15, -0.1) is 0 Å². The Morgan fingerprint density at radius 3 is 2.69 bits per heavy atom. The summed E-state index contributed by atoms with van der Waals surface area (Å²) in [6.07, 6.45) is 7.50. The number of hydrogen-bond acceptors (Lipinski definition) is 5. The van der Waals surface area contributed by atoms with Gasteiger partial charge in [0.2, 0.25) is 0 Å². The van der Waals surface area contributed by atoms with Crippen molar-refractivity contribution in [1.82, 2.24) is 10.2 Å². The van der Waals surface area contributed by atoms with Gasteiger partial charge in [0.15, 0.2) is 6.61 Å². The number of piperidine rings is 1. The van der Waals surface area contributed by atoms with Crippen LogP contribution in [-0.4, -0.2) is 67.4 Å². The number of ether oxygens (including phenoxy) is 3. The standard InChI is InChI=1S/C25H34N2O5/c1-30-25(12-13-25)24(29)26-20-6-4-14-27-21(20)15-31-18-10-8-17(9-11-18)19-5-2-3-7-22(19)32-16-23(27)28/h2-3,5,7,17-18,20-21H,4,6,8-16H2,1H3,(H,26,29)/t17?,18?,20-,21?/m0/s1. The SMILES string of the molecule is COC1(C(=O)N[C@H]2CCCN3C(=O)COc4ccccc4C4CCC(CC4)OCC23)CC1. The van der Waals surface area contributed by atoms with E-state index in [9.17, 15) is 9.59 Å². The number of benzene rings is 1. The second-order valence-electron chi connectivity index (χ2n) is 9.71. The fraction of sp³-hybridized carbons (Fsp3) is 0.680. The molecule has 3 aliphatic heterocycles. The minimum absolute atomic E-state index is 0.00629. The van der Waals surface area contributed by atoms with Crippen LogP contribution in [0.3, 0.4) is 0 Å². The van der Waals surface area contributed by atoms with E-state index in [-0.39, 0.29) is 36.6 Å². The fourth-order valence-corrected chi connectivity index (χ4v) is 5.63. The van der Waals surface area contributed by atoms with E-state index in [1.54, 1.807) is 7.11 Å². The van der Waals surface area contributed by atoms with Crippen molar-refractivity contribution in [3.63, 3.8) is 0 Å². The van der Waals surface area contributed by atoms with E-state index >= 15 is 0 Å². The predicted molar refractivity (Wildman–Crippen MR) is 119 cm³/mol. The molecule has 174 valence electrons. The molecule has 7 nitrogen and oxygen atoms in total. The van der Waals surface area contributed by atoms with Crippen LogP contribution in [0.25, 0.3) is 0 Å². The first-order chi connectivity index (χ1) is 15.6. The van der Waals surface area contributed by atoms with Gasteiger partial charge in [-0.1, -0.05) is 18.2 Å². The molecule has 32 heavy (non-hydrogen) atoms. The monoisotopic (exact) mass is 442 g/mol. The van der Waals surface area contributed by atoms with Crippen LogP contribution in [0.1, 0.15) is 62.8 Å². The van der Waals surface area contributed by atoms with Gasteiger partial charge < -0.3 is 24.4 Å². The first-order valence-corrected chi connectivity index (χ1v) is 12.1. The summed E-state index contributed by atoms with van der Waals surface area (Å²) < 4.78 is 17.9. The number of para-hydroxylation sites is 1. The van der Waals surface area contributed by atoms with Crippen molar-refractivity contribution in [3.05, 3.63) is 29.8 Å². The number of fused-ring (bicyclic) bond motifs is 5. The van der Waals surface area contributed by atoms with Crippen LogP contribution in [0.2, 0.25) is 0 Å². The normalized spacial score (nSPS) is 31.8. The van der Waals surface area contributed by atoms with Gasteiger partial charge in [-0.2, -0.15) is 0 Å². The zero-order valence-corrected chi connectivity index (χ0v) is 18.9. The summed E-state index contributed by atoms with van der Waals surface area (Å²) in [4.78, 5) is 28.0. The Morgan fingerprint density at radius 2 is 1.94 bits per heavy atom. The molecule has 2 bridgehead atoms.